The molecule has 1 heterocycles. The molecule has 7 heteroatoms. The summed E-state index contributed by atoms with van der Waals surface area (Å²) in [5, 5.41) is 18.1. The first-order chi connectivity index (χ1) is 9.91. The van der Waals surface area contributed by atoms with E-state index in [1.807, 2.05) is 26.8 Å². The highest BCUT2D eigenvalue weighted by Gasteiger charge is 2.53. The molecule has 2 atom stereocenters. The number of hydrogen-bond acceptors (Lipinski definition) is 4. The van der Waals surface area contributed by atoms with Crippen molar-refractivity contribution in [2.75, 3.05) is 5.32 Å². The van der Waals surface area contributed by atoms with Gasteiger partial charge in [0.05, 0.1) is 11.2 Å². The molecule has 22 heavy (non-hydrogen) atoms. The lowest BCUT2D eigenvalue weighted by atomic mass is 9.92. The van der Waals surface area contributed by atoms with Crippen molar-refractivity contribution in [2.45, 2.75) is 65.0 Å². The van der Waals surface area contributed by atoms with Gasteiger partial charge in [0.15, 0.2) is 0 Å². The summed E-state index contributed by atoms with van der Waals surface area (Å²) in [6.45, 7) is 12.2. The van der Waals surface area contributed by atoms with E-state index in [4.69, 9.17) is 0 Å². The summed E-state index contributed by atoms with van der Waals surface area (Å²) >= 11 is 0. The maximum Gasteiger partial charge on any atom is 0.235 e. The number of nitrogens with zero attached hydrogens (tertiary/aromatic N) is 3. The molecule has 1 fully saturated rings. The Balaban J connectivity index is 2.25. The minimum Gasteiger partial charge on any atom is -0.310 e. The predicted molar refractivity (Wildman–Crippen MR) is 83.4 cm³/mol. The van der Waals surface area contributed by atoms with Crippen LogP contribution < -0.4 is 5.32 Å². The number of hydrogen-bond donors (Lipinski definition) is 1. The van der Waals surface area contributed by atoms with E-state index in [1.54, 1.807) is 4.68 Å². The van der Waals surface area contributed by atoms with Crippen LogP contribution in [0.25, 0.3) is 0 Å². The van der Waals surface area contributed by atoms with E-state index >= 15 is 0 Å². The largest absolute Gasteiger partial charge is 0.310 e. The Kier molecular flexibility index (Phi) is 3.79. The van der Waals surface area contributed by atoms with Crippen LogP contribution in [-0.4, -0.2) is 26.7 Å². The van der Waals surface area contributed by atoms with Crippen LogP contribution in [-0.2, 0) is 15.7 Å². The summed E-state index contributed by atoms with van der Waals surface area (Å²) < 4.78 is 1.77. The zero-order chi connectivity index (χ0) is 16.9. The lowest BCUT2D eigenvalue weighted by molar-refractivity contribution is -0.497. The summed E-state index contributed by atoms with van der Waals surface area (Å²) in [6.07, 6.45) is 0.314. The number of amides is 1. The molecule has 2 rings (SSSR count). The van der Waals surface area contributed by atoms with Gasteiger partial charge in [-0.05, 0) is 20.8 Å². The predicted octanol–water partition coefficient (Wildman–Crippen LogP) is 2.54. The molecular formula is C15H24N4O3. The fraction of sp³-hybridized carbons (Fsp3) is 0.733. The molecule has 0 spiro atoms. The summed E-state index contributed by atoms with van der Waals surface area (Å²) in [5.74, 6) is -0.236. The van der Waals surface area contributed by atoms with E-state index in [9.17, 15) is 14.9 Å². The third-order valence-corrected chi connectivity index (χ3v) is 3.73. The van der Waals surface area contributed by atoms with Gasteiger partial charge in [0, 0.05) is 22.8 Å². The smallest absolute Gasteiger partial charge is 0.235 e. The van der Waals surface area contributed by atoms with Gasteiger partial charge < -0.3 is 5.32 Å². The Morgan fingerprint density at radius 3 is 2.36 bits per heavy atom. The van der Waals surface area contributed by atoms with E-state index in [1.165, 1.54) is 0 Å². The topological polar surface area (TPSA) is 90.1 Å². The third-order valence-electron chi connectivity index (χ3n) is 3.73. The van der Waals surface area contributed by atoms with Crippen molar-refractivity contribution in [3.63, 3.8) is 0 Å². The molecule has 1 aliphatic carbocycles. The van der Waals surface area contributed by atoms with Gasteiger partial charge in [-0.25, -0.2) is 4.68 Å². The Bertz CT molecular complexity index is 607. The van der Waals surface area contributed by atoms with E-state index in [-0.39, 0.29) is 21.8 Å². The Labute approximate surface area is 130 Å². The first-order valence-corrected chi connectivity index (χ1v) is 7.46. The van der Waals surface area contributed by atoms with Crippen LogP contribution in [0.1, 0.15) is 53.7 Å². The van der Waals surface area contributed by atoms with Crippen LogP contribution in [0, 0.1) is 16.0 Å². The normalized spacial score (nSPS) is 21.5. The van der Waals surface area contributed by atoms with Gasteiger partial charge in [-0.3, -0.25) is 14.9 Å². The van der Waals surface area contributed by atoms with Crippen LogP contribution in [0.3, 0.4) is 0 Å². The quantitative estimate of drug-likeness (QED) is 0.686. The molecule has 0 unspecified atom stereocenters. The summed E-state index contributed by atoms with van der Waals surface area (Å²) in [6, 6.07) is 1.11. The Hall–Kier alpha value is -1.92. The average molecular weight is 308 g/mol. The Morgan fingerprint density at radius 2 is 1.95 bits per heavy atom. The number of nitrogens with one attached hydrogen (secondary N) is 1. The number of carbonyl (C=O) groups excluding carboxylic acids is 1. The fourth-order valence-electron chi connectivity index (χ4n) is 2.26. The van der Waals surface area contributed by atoms with Gasteiger partial charge in [0.2, 0.25) is 11.9 Å². The Morgan fingerprint density at radius 1 is 1.36 bits per heavy atom. The lowest BCUT2D eigenvalue weighted by Gasteiger charge is -2.23. The van der Waals surface area contributed by atoms with Crippen LogP contribution in [0.15, 0.2) is 6.07 Å². The zero-order valence-electron chi connectivity index (χ0n) is 14.0. The highest BCUT2D eigenvalue weighted by molar-refractivity contribution is 5.94. The monoisotopic (exact) mass is 308 g/mol. The van der Waals surface area contributed by atoms with E-state index < -0.39 is 12.0 Å². The second-order valence-corrected chi connectivity index (χ2v) is 7.93. The SMILES string of the molecule is CC(C)(C)c1cc(NC(=O)[C@H]2C[C@@H]2[N+](=O)[O-])n(C(C)(C)C)n1. The molecule has 1 amide bonds. The van der Waals surface area contributed by atoms with Crippen molar-refractivity contribution in [1.29, 1.82) is 0 Å². The second-order valence-electron chi connectivity index (χ2n) is 7.93. The molecule has 122 valence electrons. The molecule has 0 aromatic carbocycles. The third kappa shape index (κ3) is 3.28. The minimum absolute atomic E-state index is 0.140. The maximum absolute atomic E-state index is 12.2. The fourth-order valence-corrected chi connectivity index (χ4v) is 2.26. The number of aromatic nitrogens is 2. The highest BCUT2D eigenvalue weighted by Crippen LogP contribution is 2.35. The van der Waals surface area contributed by atoms with Gasteiger partial charge in [0.1, 0.15) is 11.7 Å². The van der Waals surface area contributed by atoms with Gasteiger partial charge in [-0.15, -0.1) is 0 Å². The molecular weight excluding hydrogens is 284 g/mol. The van der Waals surface area contributed by atoms with Crippen LogP contribution in [0.5, 0.6) is 0 Å². The van der Waals surface area contributed by atoms with Crippen molar-refractivity contribution in [2.24, 2.45) is 5.92 Å². The highest BCUT2D eigenvalue weighted by atomic mass is 16.6. The number of rotatable bonds is 3. The maximum atomic E-state index is 12.2. The minimum atomic E-state index is -0.743. The van der Waals surface area contributed by atoms with Gasteiger partial charge >= 0.3 is 0 Å². The van der Waals surface area contributed by atoms with E-state index in [0.717, 1.165) is 5.69 Å². The molecule has 7 nitrogen and oxygen atoms in total. The summed E-state index contributed by atoms with van der Waals surface area (Å²) in [7, 11) is 0. The van der Waals surface area contributed by atoms with Gasteiger partial charge in [-0.2, -0.15) is 5.10 Å². The van der Waals surface area contributed by atoms with Crippen molar-refractivity contribution >= 4 is 11.7 Å². The summed E-state index contributed by atoms with van der Waals surface area (Å²) in [5.41, 5.74) is 0.441. The van der Waals surface area contributed by atoms with E-state index in [2.05, 4.69) is 31.2 Å². The van der Waals surface area contributed by atoms with Crippen LogP contribution in [0.4, 0.5) is 5.82 Å². The van der Waals surface area contributed by atoms with E-state index in [0.29, 0.717) is 12.2 Å². The molecule has 1 aliphatic rings. The standard InChI is InChI=1S/C15H24N4O3/c1-14(2,3)11-8-12(18(17-11)15(4,5)6)16-13(20)9-7-10(9)19(21)22/h8-10H,7H2,1-6H3,(H,16,20)/t9-,10-/m0/s1. The number of nitro groups is 1. The molecule has 1 saturated carbocycles. The van der Waals surface area contributed by atoms with Crippen molar-refractivity contribution < 1.29 is 9.72 Å². The first-order valence-electron chi connectivity index (χ1n) is 7.46. The number of anilines is 1. The lowest BCUT2D eigenvalue weighted by Crippen LogP contribution is -2.28. The number of carbonyl (C=O) groups is 1. The molecule has 0 saturated heterocycles. The molecule has 0 bridgehead atoms. The van der Waals surface area contributed by atoms with Crippen molar-refractivity contribution in [3.05, 3.63) is 21.9 Å². The second kappa shape index (κ2) is 5.07. The van der Waals surface area contributed by atoms with Crippen LogP contribution >= 0.6 is 0 Å². The average Bonchev–Trinajstić information content (AvgIpc) is 3.01. The molecule has 0 radical (unpaired) electrons. The molecule has 0 aliphatic heterocycles. The molecule has 1 aromatic heterocycles. The van der Waals surface area contributed by atoms with Crippen molar-refractivity contribution in [3.8, 4) is 0 Å². The van der Waals surface area contributed by atoms with Gasteiger partial charge in [-0.1, -0.05) is 20.8 Å². The van der Waals surface area contributed by atoms with Crippen LogP contribution in [0.2, 0.25) is 0 Å². The van der Waals surface area contributed by atoms with Gasteiger partial charge in [0.25, 0.3) is 0 Å². The zero-order valence-corrected chi connectivity index (χ0v) is 14.0. The summed E-state index contributed by atoms with van der Waals surface area (Å²) in [4.78, 5) is 22.5. The molecule has 1 aromatic rings. The first kappa shape index (κ1) is 16.5. The van der Waals surface area contributed by atoms with Crippen molar-refractivity contribution in [1.82, 2.24) is 9.78 Å². The molecule has 1 N–H and O–H groups in total.